The average molecular weight is 356 g/mol. The van der Waals surface area contributed by atoms with Crippen molar-refractivity contribution in [3.05, 3.63) is 47.5 Å². The first-order chi connectivity index (χ1) is 12.5. The summed E-state index contributed by atoms with van der Waals surface area (Å²) in [7, 11) is 3.78. The molecule has 0 spiro atoms. The zero-order valence-corrected chi connectivity index (χ0v) is 15.3. The van der Waals surface area contributed by atoms with Crippen molar-refractivity contribution in [3.63, 3.8) is 0 Å². The molecule has 0 aliphatic carbocycles. The van der Waals surface area contributed by atoms with Gasteiger partial charge in [0.15, 0.2) is 5.69 Å². The molecule has 1 aliphatic heterocycles. The Labute approximate surface area is 152 Å². The van der Waals surface area contributed by atoms with E-state index in [4.69, 9.17) is 0 Å². The van der Waals surface area contributed by atoms with E-state index in [1.807, 2.05) is 49.0 Å². The van der Waals surface area contributed by atoms with Crippen LogP contribution in [0, 0.1) is 0 Å². The first kappa shape index (κ1) is 18.1. The summed E-state index contributed by atoms with van der Waals surface area (Å²) in [5, 5.41) is 7.20. The summed E-state index contributed by atoms with van der Waals surface area (Å²) in [6, 6.07) is 7.15. The standard InChI is InChI=1S/C18H24N6O2/c1-13(22(2)3)18(26)23-8-9-24-15(12-23)10-16(21-24)17(25)20-11-14-6-4-5-7-19-14/h4-7,10,13H,8-9,11-12H2,1-3H3,(H,20,25)/t13-/m1/s1. The van der Waals surface area contributed by atoms with Gasteiger partial charge in [-0.25, -0.2) is 0 Å². The van der Waals surface area contributed by atoms with Crippen LogP contribution >= 0.6 is 0 Å². The van der Waals surface area contributed by atoms with Gasteiger partial charge in [-0.2, -0.15) is 5.10 Å². The maximum atomic E-state index is 12.5. The quantitative estimate of drug-likeness (QED) is 0.844. The molecule has 0 saturated carbocycles. The first-order valence-corrected chi connectivity index (χ1v) is 8.65. The Balaban J connectivity index is 1.63. The fraction of sp³-hybridized carbons (Fsp3) is 0.444. The maximum absolute atomic E-state index is 12.5. The van der Waals surface area contributed by atoms with E-state index in [0.29, 0.717) is 31.9 Å². The molecule has 0 aromatic carbocycles. The molecule has 138 valence electrons. The van der Waals surface area contributed by atoms with E-state index in [1.165, 1.54) is 0 Å². The van der Waals surface area contributed by atoms with Gasteiger partial charge in [-0.1, -0.05) is 6.07 Å². The van der Waals surface area contributed by atoms with Gasteiger partial charge in [0.2, 0.25) is 5.91 Å². The second-order valence-electron chi connectivity index (χ2n) is 6.65. The summed E-state index contributed by atoms with van der Waals surface area (Å²) in [6.45, 7) is 3.91. The second kappa shape index (κ2) is 7.65. The topological polar surface area (TPSA) is 83.4 Å². The Kier molecular flexibility index (Phi) is 5.32. The molecule has 2 amide bonds. The molecule has 3 rings (SSSR count). The molecular weight excluding hydrogens is 332 g/mol. The number of fused-ring (bicyclic) bond motifs is 1. The lowest BCUT2D eigenvalue weighted by atomic mass is 10.2. The van der Waals surface area contributed by atoms with Crippen LogP contribution in [0.25, 0.3) is 0 Å². The molecule has 1 N–H and O–H groups in total. The highest BCUT2D eigenvalue weighted by atomic mass is 16.2. The minimum Gasteiger partial charge on any atom is -0.345 e. The summed E-state index contributed by atoms with van der Waals surface area (Å²) >= 11 is 0. The van der Waals surface area contributed by atoms with E-state index in [1.54, 1.807) is 16.9 Å². The summed E-state index contributed by atoms with van der Waals surface area (Å²) < 4.78 is 1.81. The number of carbonyl (C=O) groups is 2. The fourth-order valence-corrected chi connectivity index (χ4v) is 2.81. The van der Waals surface area contributed by atoms with Gasteiger partial charge in [-0.05, 0) is 39.2 Å². The number of nitrogens with one attached hydrogen (secondary N) is 1. The van der Waals surface area contributed by atoms with Gasteiger partial charge in [-0.15, -0.1) is 0 Å². The van der Waals surface area contributed by atoms with Crippen LogP contribution in [0.2, 0.25) is 0 Å². The van der Waals surface area contributed by atoms with Gasteiger partial charge in [0.25, 0.3) is 5.91 Å². The van der Waals surface area contributed by atoms with Crippen molar-refractivity contribution in [1.82, 2.24) is 29.9 Å². The Morgan fingerprint density at radius 1 is 1.31 bits per heavy atom. The number of nitrogens with zero attached hydrogens (tertiary/aromatic N) is 5. The maximum Gasteiger partial charge on any atom is 0.272 e. The van der Waals surface area contributed by atoms with Crippen LogP contribution in [-0.4, -0.2) is 63.1 Å². The SMILES string of the molecule is C[C@H](C(=O)N1CCn2nc(C(=O)NCc3ccccn3)cc2C1)N(C)C. The molecule has 0 fully saturated rings. The molecule has 2 aromatic heterocycles. The molecule has 0 saturated heterocycles. The third kappa shape index (κ3) is 3.91. The predicted octanol–water partition coefficient (Wildman–Crippen LogP) is 0.500. The van der Waals surface area contributed by atoms with Crippen molar-refractivity contribution in [1.29, 1.82) is 0 Å². The number of pyridine rings is 1. The van der Waals surface area contributed by atoms with Gasteiger partial charge in [0.05, 0.1) is 37.1 Å². The summed E-state index contributed by atoms with van der Waals surface area (Å²) in [5.74, 6) is -0.152. The Hall–Kier alpha value is -2.74. The molecule has 0 unspecified atom stereocenters. The molecule has 0 bridgehead atoms. The van der Waals surface area contributed by atoms with E-state index < -0.39 is 0 Å². The summed E-state index contributed by atoms with van der Waals surface area (Å²) in [6.07, 6.45) is 1.69. The van der Waals surface area contributed by atoms with E-state index in [-0.39, 0.29) is 17.9 Å². The molecule has 8 heteroatoms. The van der Waals surface area contributed by atoms with Crippen LogP contribution in [0.1, 0.15) is 28.8 Å². The zero-order valence-electron chi connectivity index (χ0n) is 15.3. The Morgan fingerprint density at radius 2 is 2.12 bits per heavy atom. The van der Waals surface area contributed by atoms with Crippen LogP contribution in [0.3, 0.4) is 0 Å². The van der Waals surface area contributed by atoms with E-state index >= 15 is 0 Å². The largest absolute Gasteiger partial charge is 0.345 e. The third-order valence-electron chi connectivity index (χ3n) is 4.63. The normalized spacial score (nSPS) is 14.8. The second-order valence-corrected chi connectivity index (χ2v) is 6.65. The molecular formula is C18H24N6O2. The number of aromatic nitrogens is 3. The smallest absolute Gasteiger partial charge is 0.272 e. The highest BCUT2D eigenvalue weighted by molar-refractivity contribution is 5.92. The number of likely N-dealkylation sites (N-methyl/N-ethyl adjacent to an activating group) is 1. The number of hydrogen-bond donors (Lipinski definition) is 1. The van der Waals surface area contributed by atoms with Crippen LogP contribution in [0.15, 0.2) is 30.5 Å². The number of rotatable bonds is 5. The van der Waals surface area contributed by atoms with Crippen molar-refractivity contribution >= 4 is 11.8 Å². The van der Waals surface area contributed by atoms with E-state index in [0.717, 1.165) is 11.4 Å². The molecule has 1 atom stereocenters. The molecule has 3 heterocycles. The van der Waals surface area contributed by atoms with Gasteiger partial charge in [0.1, 0.15) is 0 Å². The van der Waals surface area contributed by atoms with Crippen LogP contribution in [0.4, 0.5) is 0 Å². The highest BCUT2D eigenvalue weighted by Gasteiger charge is 2.27. The number of carbonyl (C=O) groups excluding carboxylic acids is 2. The summed E-state index contributed by atoms with van der Waals surface area (Å²) in [4.78, 5) is 32.8. The van der Waals surface area contributed by atoms with E-state index in [2.05, 4.69) is 15.4 Å². The Bertz CT molecular complexity index is 786. The lowest BCUT2D eigenvalue weighted by Crippen LogP contribution is -2.47. The lowest BCUT2D eigenvalue weighted by molar-refractivity contribution is -0.137. The van der Waals surface area contributed by atoms with Crippen LogP contribution in [-0.2, 0) is 24.4 Å². The monoisotopic (exact) mass is 356 g/mol. The van der Waals surface area contributed by atoms with Gasteiger partial charge >= 0.3 is 0 Å². The predicted molar refractivity (Wildman–Crippen MR) is 96.2 cm³/mol. The van der Waals surface area contributed by atoms with Crippen molar-refractivity contribution < 1.29 is 9.59 Å². The molecule has 26 heavy (non-hydrogen) atoms. The zero-order chi connectivity index (χ0) is 18.7. The molecule has 1 aliphatic rings. The van der Waals surface area contributed by atoms with Crippen LogP contribution < -0.4 is 5.32 Å². The van der Waals surface area contributed by atoms with Crippen molar-refractivity contribution in [2.75, 3.05) is 20.6 Å². The third-order valence-corrected chi connectivity index (χ3v) is 4.63. The number of amides is 2. The summed E-state index contributed by atoms with van der Waals surface area (Å²) in [5.41, 5.74) is 2.03. The van der Waals surface area contributed by atoms with E-state index in [9.17, 15) is 9.59 Å². The van der Waals surface area contributed by atoms with Crippen molar-refractivity contribution in [3.8, 4) is 0 Å². The van der Waals surface area contributed by atoms with Gasteiger partial charge in [0, 0.05) is 12.7 Å². The minimum absolute atomic E-state index is 0.0867. The first-order valence-electron chi connectivity index (χ1n) is 8.65. The number of hydrogen-bond acceptors (Lipinski definition) is 5. The highest BCUT2D eigenvalue weighted by Crippen LogP contribution is 2.15. The molecule has 8 nitrogen and oxygen atoms in total. The molecule has 0 radical (unpaired) electrons. The van der Waals surface area contributed by atoms with Crippen molar-refractivity contribution in [2.24, 2.45) is 0 Å². The fourth-order valence-electron chi connectivity index (χ4n) is 2.81. The van der Waals surface area contributed by atoms with Gasteiger partial charge < -0.3 is 10.2 Å². The lowest BCUT2D eigenvalue weighted by Gasteiger charge is -2.31. The van der Waals surface area contributed by atoms with Crippen molar-refractivity contribution in [2.45, 2.75) is 32.6 Å². The van der Waals surface area contributed by atoms with Crippen LogP contribution in [0.5, 0.6) is 0 Å². The molecule has 2 aromatic rings. The average Bonchev–Trinajstić information content (AvgIpc) is 3.09. The Morgan fingerprint density at radius 3 is 2.81 bits per heavy atom. The van der Waals surface area contributed by atoms with Gasteiger partial charge in [-0.3, -0.25) is 24.2 Å². The minimum atomic E-state index is -0.239.